The molecule has 0 aromatic rings. The summed E-state index contributed by atoms with van der Waals surface area (Å²) in [5.41, 5.74) is 0. The maximum absolute atomic E-state index is 12.9. The van der Waals surface area contributed by atoms with E-state index in [0.717, 1.165) is 44.9 Å². The minimum atomic E-state index is -5.06. The molecular formula is C46H88O12S. The number of esters is 1. The lowest BCUT2D eigenvalue weighted by Gasteiger charge is -2.41. The lowest BCUT2D eigenvalue weighted by atomic mass is 9.99. The van der Waals surface area contributed by atoms with E-state index < -0.39 is 59.8 Å². The smallest absolute Gasteiger partial charge is 0.397 e. The first-order valence-electron chi connectivity index (χ1n) is 23.9. The Bertz CT molecular complexity index is 1090. The highest BCUT2D eigenvalue weighted by Crippen LogP contribution is 2.26. The van der Waals surface area contributed by atoms with Gasteiger partial charge >= 0.3 is 16.4 Å². The summed E-state index contributed by atoms with van der Waals surface area (Å²) >= 11 is 0. The number of carbonyl (C=O) groups excluding carboxylic acids is 1. The molecule has 0 amide bonds. The zero-order valence-electron chi connectivity index (χ0n) is 37.3. The van der Waals surface area contributed by atoms with E-state index >= 15 is 0 Å². The Morgan fingerprint density at radius 2 is 1.08 bits per heavy atom. The molecule has 59 heavy (non-hydrogen) atoms. The van der Waals surface area contributed by atoms with Crippen molar-refractivity contribution in [3.63, 3.8) is 0 Å². The van der Waals surface area contributed by atoms with Gasteiger partial charge in [-0.25, -0.2) is 4.18 Å². The van der Waals surface area contributed by atoms with Crippen molar-refractivity contribution in [1.82, 2.24) is 0 Å². The van der Waals surface area contributed by atoms with Crippen LogP contribution in [-0.2, 0) is 38.3 Å². The van der Waals surface area contributed by atoms with Crippen molar-refractivity contribution in [3.8, 4) is 0 Å². The summed E-state index contributed by atoms with van der Waals surface area (Å²) in [6.45, 7) is 3.97. The Labute approximate surface area is 359 Å². The Kier molecular flexibility index (Phi) is 36.5. The van der Waals surface area contributed by atoms with Crippen LogP contribution in [0.4, 0.5) is 0 Å². The van der Waals surface area contributed by atoms with Crippen molar-refractivity contribution < 1.29 is 56.2 Å². The second kappa shape index (κ2) is 38.5. The molecule has 1 rings (SSSR count). The number of ether oxygens (including phenoxy) is 4. The van der Waals surface area contributed by atoms with Crippen LogP contribution in [0.2, 0.25) is 0 Å². The zero-order chi connectivity index (χ0) is 43.2. The van der Waals surface area contributed by atoms with Crippen LogP contribution in [0, 0.1) is 0 Å². The lowest BCUT2D eigenvalue weighted by Crippen LogP contribution is -2.60. The number of unbranched alkanes of at least 4 members (excludes halogenated alkanes) is 27. The minimum absolute atomic E-state index is 0.0369. The SMILES string of the molecule is CCCC/C=C\CCCCCCCCOCC(COC1OC(CO)C(O)C(OS(=O)(=O)O)C1O)OC(=O)CCCCCCCCCCCCCCCCCCCCCC. The van der Waals surface area contributed by atoms with Gasteiger partial charge in [0.2, 0.25) is 0 Å². The van der Waals surface area contributed by atoms with E-state index in [-0.39, 0.29) is 19.6 Å². The molecule has 0 radical (unpaired) electrons. The molecule has 0 saturated carbocycles. The van der Waals surface area contributed by atoms with Crippen molar-refractivity contribution in [3.05, 3.63) is 12.2 Å². The van der Waals surface area contributed by atoms with Crippen molar-refractivity contribution >= 4 is 16.4 Å². The third-order valence-electron chi connectivity index (χ3n) is 11.1. The average molecular weight is 865 g/mol. The van der Waals surface area contributed by atoms with Gasteiger partial charge in [0.15, 0.2) is 6.29 Å². The van der Waals surface area contributed by atoms with Crippen LogP contribution in [0.15, 0.2) is 12.2 Å². The molecule has 1 heterocycles. The molecule has 1 aliphatic rings. The molecule has 1 aliphatic heterocycles. The summed E-state index contributed by atoms with van der Waals surface area (Å²) in [5, 5.41) is 30.7. The van der Waals surface area contributed by atoms with Crippen LogP contribution in [0.1, 0.15) is 213 Å². The molecule has 6 unspecified atom stereocenters. The van der Waals surface area contributed by atoms with Crippen molar-refractivity contribution in [2.75, 3.05) is 26.4 Å². The van der Waals surface area contributed by atoms with Gasteiger partial charge in [0.05, 0.1) is 19.8 Å². The monoisotopic (exact) mass is 865 g/mol. The lowest BCUT2D eigenvalue weighted by molar-refractivity contribution is -0.301. The number of hydrogen-bond donors (Lipinski definition) is 4. The van der Waals surface area contributed by atoms with Crippen molar-refractivity contribution in [2.24, 2.45) is 0 Å². The van der Waals surface area contributed by atoms with Gasteiger partial charge in [-0.15, -0.1) is 0 Å². The summed E-state index contributed by atoms with van der Waals surface area (Å²) in [5.74, 6) is -0.397. The first kappa shape index (κ1) is 55.9. The third-order valence-corrected chi connectivity index (χ3v) is 11.6. The van der Waals surface area contributed by atoms with E-state index in [1.165, 1.54) is 141 Å². The van der Waals surface area contributed by atoms with Gasteiger partial charge < -0.3 is 34.3 Å². The van der Waals surface area contributed by atoms with Crippen LogP contribution >= 0.6 is 0 Å². The molecule has 0 aromatic heterocycles. The zero-order valence-corrected chi connectivity index (χ0v) is 38.1. The van der Waals surface area contributed by atoms with Gasteiger partial charge in [0.1, 0.15) is 30.5 Å². The first-order valence-corrected chi connectivity index (χ1v) is 25.3. The van der Waals surface area contributed by atoms with E-state index in [0.29, 0.717) is 13.0 Å². The van der Waals surface area contributed by atoms with Crippen LogP contribution in [0.3, 0.4) is 0 Å². The Morgan fingerprint density at radius 3 is 1.58 bits per heavy atom. The van der Waals surface area contributed by atoms with Gasteiger partial charge in [-0.05, 0) is 32.1 Å². The van der Waals surface area contributed by atoms with Gasteiger partial charge in [-0.2, -0.15) is 8.42 Å². The highest BCUT2D eigenvalue weighted by Gasteiger charge is 2.48. The van der Waals surface area contributed by atoms with Gasteiger partial charge in [-0.3, -0.25) is 9.35 Å². The summed E-state index contributed by atoms with van der Waals surface area (Å²) < 4.78 is 59.1. The largest absolute Gasteiger partial charge is 0.457 e. The normalized spacial score (nSPS) is 20.4. The number of aliphatic hydroxyl groups is 3. The predicted molar refractivity (Wildman–Crippen MR) is 234 cm³/mol. The van der Waals surface area contributed by atoms with E-state index in [4.69, 9.17) is 23.5 Å². The molecule has 4 N–H and O–H groups in total. The predicted octanol–water partition coefficient (Wildman–Crippen LogP) is 10.2. The highest BCUT2D eigenvalue weighted by atomic mass is 32.3. The fourth-order valence-electron chi connectivity index (χ4n) is 7.48. The number of allylic oxidation sites excluding steroid dienone is 2. The minimum Gasteiger partial charge on any atom is -0.457 e. The highest BCUT2D eigenvalue weighted by molar-refractivity contribution is 7.80. The molecule has 0 spiro atoms. The molecule has 350 valence electrons. The van der Waals surface area contributed by atoms with E-state index in [1.54, 1.807) is 0 Å². The van der Waals surface area contributed by atoms with Crippen LogP contribution in [-0.4, -0.2) is 97.5 Å². The van der Waals surface area contributed by atoms with Gasteiger partial charge in [-0.1, -0.05) is 187 Å². The summed E-state index contributed by atoms with van der Waals surface area (Å²) in [7, 11) is -5.06. The number of rotatable bonds is 42. The number of aliphatic hydroxyl groups excluding tert-OH is 3. The number of hydrogen-bond acceptors (Lipinski definition) is 11. The summed E-state index contributed by atoms with van der Waals surface area (Å²) in [6.07, 6.45) is 32.5. The average Bonchev–Trinajstić information content (AvgIpc) is 3.20. The molecule has 1 fully saturated rings. The summed E-state index contributed by atoms with van der Waals surface area (Å²) in [6, 6.07) is 0. The quantitative estimate of drug-likeness (QED) is 0.0198. The van der Waals surface area contributed by atoms with Crippen molar-refractivity contribution in [1.29, 1.82) is 0 Å². The molecule has 12 nitrogen and oxygen atoms in total. The standard InChI is InChI=1S/C46H88O12S/c1-3-5-7-9-11-13-15-17-18-19-20-21-22-23-24-25-27-29-31-33-35-42(48)56-40(38-54-36-34-32-30-28-26-16-14-12-10-8-6-4-2)39-55-46-44(50)45(58-59(51,52)53)43(49)41(37-47)57-46/h10,12,40-41,43-47,49-50H,3-9,11,13-39H2,1-2H3,(H,51,52,53)/b12-10-. The molecule has 0 aliphatic carbocycles. The number of carbonyl (C=O) groups is 1. The molecule has 13 heteroatoms. The fraction of sp³-hybridized carbons (Fsp3) is 0.935. The first-order chi connectivity index (χ1) is 28.6. The summed E-state index contributed by atoms with van der Waals surface area (Å²) in [4.78, 5) is 12.9. The maximum atomic E-state index is 12.9. The topological polar surface area (TPSA) is 178 Å². The van der Waals surface area contributed by atoms with Crippen LogP contribution in [0.25, 0.3) is 0 Å². The molecule has 6 atom stereocenters. The maximum Gasteiger partial charge on any atom is 0.397 e. The Morgan fingerprint density at radius 1 is 0.627 bits per heavy atom. The van der Waals surface area contributed by atoms with Crippen molar-refractivity contribution in [2.45, 2.75) is 250 Å². The van der Waals surface area contributed by atoms with Gasteiger partial charge in [0.25, 0.3) is 0 Å². The molecule has 0 aromatic carbocycles. The molecule has 1 saturated heterocycles. The van der Waals surface area contributed by atoms with Crippen LogP contribution < -0.4 is 0 Å². The van der Waals surface area contributed by atoms with Crippen LogP contribution in [0.5, 0.6) is 0 Å². The third kappa shape index (κ3) is 32.2. The van der Waals surface area contributed by atoms with E-state index in [2.05, 4.69) is 30.2 Å². The fourth-order valence-corrected chi connectivity index (χ4v) is 7.99. The Hall–Kier alpha value is -1.16. The van der Waals surface area contributed by atoms with E-state index in [1.807, 2.05) is 0 Å². The molecular weight excluding hydrogens is 777 g/mol. The van der Waals surface area contributed by atoms with E-state index in [9.17, 15) is 28.5 Å². The second-order valence-electron chi connectivity index (χ2n) is 16.7. The molecule has 0 bridgehead atoms. The van der Waals surface area contributed by atoms with Gasteiger partial charge in [0, 0.05) is 13.0 Å². The second-order valence-corrected chi connectivity index (χ2v) is 17.8. The Balaban J connectivity index is 2.36.